The number of ether oxygens (including phenoxy) is 3. The van der Waals surface area contributed by atoms with Crippen molar-refractivity contribution < 1.29 is 14.2 Å². The molecular formula is C46H94O3S2. The molecule has 0 spiro atoms. The van der Waals surface area contributed by atoms with Gasteiger partial charge in [0.05, 0.1) is 12.2 Å². The summed E-state index contributed by atoms with van der Waals surface area (Å²) in [5.41, 5.74) is 0. The van der Waals surface area contributed by atoms with E-state index in [0.717, 1.165) is 39.3 Å². The van der Waals surface area contributed by atoms with Gasteiger partial charge in [-0.25, -0.2) is 0 Å². The SMILES string of the molecule is CCCCCCCCCCSC(CCCCCCC)C(C)OCCCOCCCOC(C)C(CCCCCCC)SCCCCCCCCCC. The molecule has 0 aliphatic rings. The standard InChI is InChI=1S/C46H94O3S2/c1-7-11-15-19-21-23-27-31-41-50-45(35-29-25-17-13-9-3)43(5)48-39-33-37-47-38-34-40-49-44(6)46(36-30-26-18-14-10-4)51-42-32-28-24-22-20-16-12-8-2/h43-46H,7-42H2,1-6H3. The zero-order valence-corrected chi connectivity index (χ0v) is 37.4. The maximum Gasteiger partial charge on any atom is 0.0665 e. The van der Waals surface area contributed by atoms with Crippen molar-refractivity contribution in [3.8, 4) is 0 Å². The highest BCUT2D eigenvalue weighted by molar-refractivity contribution is 8.00. The lowest BCUT2D eigenvalue weighted by molar-refractivity contribution is 0.0250. The third kappa shape index (κ3) is 37.3. The van der Waals surface area contributed by atoms with E-state index in [-0.39, 0.29) is 0 Å². The second-order valence-electron chi connectivity index (χ2n) is 15.6. The van der Waals surface area contributed by atoms with E-state index in [1.165, 1.54) is 191 Å². The first-order valence-electron chi connectivity index (χ1n) is 23.1. The summed E-state index contributed by atoms with van der Waals surface area (Å²) in [6.07, 6.45) is 41.3. The molecule has 4 atom stereocenters. The van der Waals surface area contributed by atoms with E-state index >= 15 is 0 Å². The van der Waals surface area contributed by atoms with Crippen LogP contribution in [0.2, 0.25) is 0 Å². The van der Waals surface area contributed by atoms with Gasteiger partial charge in [0.1, 0.15) is 0 Å². The Kier molecular flexibility index (Phi) is 43.8. The summed E-state index contributed by atoms with van der Waals surface area (Å²) < 4.78 is 18.8. The molecule has 0 aromatic rings. The van der Waals surface area contributed by atoms with Crippen LogP contribution in [0.25, 0.3) is 0 Å². The molecule has 0 aliphatic heterocycles. The fraction of sp³-hybridized carbons (Fsp3) is 1.00. The van der Waals surface area contributed by atoms with Crippen LogP contribution in [0.3, 0.4) is 0 Å². The first-order valence-corrected chi connectivity index (χ1v) is 25.2. The summed E-state index contributed by atoms with van der Waals surface area (Å²) in [6.45, 7) is 17.1. The molecule has 0 aliphatic carbocycles. The maximum atomic E-state index is 6.40. The fourth-order valence-corrected chi connectivity index (χ4v) is 9.64. The lowest BCUT2D eigenvalue weighted by Gasteiger charge is -2.24. The Bertz CT molecular complexity index is 584. The molecule has 0 amide bonds. The highest BCUT2D eigenvalue weighted by Crippen LogP contribution is 2.27. The van der Waals surface area contributed by atoms with Crippen LogP contribution >= 0.6 is 23.5 Å². The van der Waals surface area contributed by atoms with Crippen LogP contribution in [0, 0.1) is 0 Å². The molecule has 3 nitrogen and oxygen atoms in total. The molecule has 0 rings (SSSR count). The van der Waals surface area contributed by atoms with E-state index in [1.807, 2.05) is 0 Å². The van der Waals surface area contributed by atoms with Crippen molar-refractivity contribution in [3.05, 3.63) is 0 Å². The van der Waals surface area contributed by atoms with Crippen molar-refractivity contribution in [2.45, 2.75) is 257 Å². The number of rotatable bonds is 44. The minimum atomic E-state index is 0.332. The first kappa shape index (κ1) is 51.6. The summed E-state index contributed by atoms with van der Waals surface area (Å²) in [5.74, 6) is 2.59. The molecule has 0 bridgehead atoms. The summed E-state index contributed by atoms with van der Waals surface area (Å²) >= 11 is 4.38. The molecule has 0 heterocycles. The molecule has 5 heteroatoms. The van der Waals surface area contributed by atoms with Crippen LogP contribution in [-0.2, 0) is 14.2 Å². The van der Waals surface area contributed by atoms with Crippen LogP contribution in [0.1, 0.15) is 234 Å². The summed E-state index contributed by atoms with van der Waals surface area (Å²) in [6, 6.07) is 0. The average molecular weight is 759 g/mol. The first-order chi connectivity index (χ1) is 25.1. The summed E-state index contributed by atoms with van der Waals surface area (Å²) in [5, 5.41) is 1.27. The zero-order valence-electron chi connectivity index (χ0n) is 35.8. The lowest BCUT2D eigenvalue weighted by Crippen LogP contribution is -2.25. The lowest BCUT2D eigenvalue weighted by atomic mass is 10.1. The monoisotopic (exact) mass is 759 g/mol. The van der Waals surface area contributed by atoms with Gasteiger partial charge < -0.3 is 14.2 Å². The molecule has 0 saturated heterocycles. The van der Waals surface area contributed by atoms with Gasteiger partial charge in [-0.2, -0.15) is 23.5 Å². The van der Waals surface area contributed by atoms with Gasteiger partial charge in [0.15, 0.2) is 0 Å². The second-order valence-corrected chi connectivity index (χ2v) is 18.3. The van der Waals surface area contributed by atoms with Crippen LogP contribution in [-0.4, -0.2) is 60.6 Å². The zero-order chi connectivity index (χ0) is 37.3. The Hall–Kier alpha value is 0.580. The predicted octanol–water partition coefficient (Wildman–Crippen LogP) is 15.8. The van der Waals surface area contributed by atoms with Crippen LogP contribution in [0.5, 0.6) is 0 Å². The normalized spacial score (nSPS) is 14.2. The van der Waals surface area contributed by atoms with Crippen LogP contribution in [0.15, 0.2) is 0 Å². The average Bonchev–Trinajstić information content (AvgIpc) is 3.13. The van der Waals surface area contributed by atoms with Crippen LogP contribution < -0.4 is 0 Å². The van der Waals surface area contributed by atoms with E-state index in [0.29, 0.717) is 22.7 Å². The van der Waals surface area contributed by atoms with Gasteiger partial charge in [0, 0.05) is 36.9 Å². The van der Waals surface area contributed by atoms with E-state index in [4.69, 9.17) is 14.2 Å². The molecule has 308 valence electrons. The molecule has 0 aromatic carbocycles. The van der Waals surface area contributed by atoms with Gasteiger partial charge in [-0.05, 0) is 63.9 Å². The van der Waals surface area contributed by atoms with Crippen molar-refractivity contribution in [2.75, 3.05) is 37.9 Å². The third-order valence-corrected chi connectivity index (χ3v) is 13.7. The third-order valence-electron chi connectivity index (χ3n) is 10.5. The topological polar surface area (TPSA) is 27.7 Å². The summed E-state index contributed by atoms with van der Waals surface area (Å²) in [7, 11) is 0. The van der Waals surface area contributed by atoms with Gasteiger partial charge in [0.25, 0.3) is 0 Å². The Morgan fingerprint density at radius 2 is 0.627 bits per heavy atom. The fourth-order valence-electron chi connectivity index (χ4n) is 6.92. The second kappa shape index (κ2) is 43.3. The van der Waals surface area contributed by atoms with Gasteiger partial charge in [-0.3, -0.25) is 0 Å². The van der Waals surface area contributed by atoms with Crippen molar-refractivity contribution in [1.82, 2.24) is 0 Å². The Balaban J connectivity index is 4.24. The smallest absolute Gasteiger partial charge is 0.0665 e. The number of hydrogen-bond donors (Lipinski definition) is 0. The number of unbranched alkanes of at least 4 members (excludes halogenated alkanes) is 22. The van der Waals surface area contributed by atoms with Gasteiger partial charge in [-0.15, -0.1) is 0 Å². The van der Waals surface area contributed by atoms with E-state index in [1.54, 1.807) is 0 Å². The molecule has 0 radical (unpaired) electrons. The van der Waals surface area contributed by atoms with Gasteiger partial charge in [-0.1, -0.05) is 182 Å². The molecule has 51 heavy (non-hydrogen) atoms. The number of thioether (sulfide) groups is 2. The maximum absolute atomic E-state index is 6.40. The molecular weight excluding hydrogens is 665 g/mol. The molecule has 0 N–H and O–H groups in total. The van der Waals surface area contributed by atoms with Crippen LogP contribution in [0.4, 0.5) is 0 Å². The van der Waals surface area contributed by atoms with Crippen molar-refractivity contribution in [2.24, 2.45) is 0 Å². The van der Waals surface area contributed by atoms with Crippen molar-refractivity contribution >= 4 is 23.5 Å². The van der Waals surface area contributed by atoms with Crippen molar-refractivity contribution in [1.29, 1.82) is 0 Å². The Labute approximate surface area is 331 Å². The Morgan fingerprint density at radius 3 is 0.961 bits per heavy atom. The Morgan fingerprint density at radius 1 is 0.333 bits per heavy atom. The molecule has 0 aromatic heterocycles. The van der Waals surface area contributed by atoms with Gasteiger partial charge in [0.2, 0.25) is 0 Å². The quantitative estimate of drug-likeness (QED) is 0.0577. The summed E-state index contributed by atoms with van der Waals surface area (Å²) in [4.78, 5) is 0. The van der Waals surface area contributed by atoms with E-state index in [2.05, 4.69) is 65.1 Å². The highest BCUT2D eigenvalue weighted by atomic mass is 32.2. The molecule has 0 fully saturated rings. The van der Waals surface area contributed by atoms with E-state index < -0.39 is 0 Å². The van der Waals surface area contributed by atoms with E-state index in [9.17, 15) is 0 Å². The number of hydrogen-bond acceptors (Lipinski definition) is 5. The molecule has 4 unspecified atom stereocenters. The minimum absolute atomic E-state index is 0.332. The molecule has 0 saturated carbocycles. The predicted molar refractivity (Wildman–Crippen MR) is 235 cm³/mol. The van der Waals surface area contributed by atoms with Crippen molar-refractivity contribution in [3.63, 3.8) is 0 Å². The highest BCUT2D eigenvalue weighted by Gasteiger charge is 2.19. The minimum Gasteiger partial charge on any atom is -0.381 e. The largest absolute Gasteiger partial charge is 0.381 e. The van der Waals surface area contributed by atoms with Gasteiger partial charge >= 0.3 is 0 Å².